The van der Waals surface area contributed by atoms with E-state index in [4.69, 9.17) is 4.74 Å². The van der Waals surface area contributed by atoms with Gasteiger partial charge in [0, 0.05) is 10.5 Å². The third-order valence-corrected chi connectivity index (χ3v) is 3.48. The quantitative estimate of drug-likeness (QED) is 0.938. The third-order valence-electron chi connectivity index (χ3n) is 2.95. The number of benzene rings is 1. The zero-order valence-electron chi connectivity index (χ0n) is 11.2. The van der Waals surface area contributed by atoms with Crippen molar-refractivity contribution < 1.29 is 9.84 Å². The molecule has 0 bridgehead atoms. The molecule has 0 saturated carbocycles. The Bertz CT molecular complexity index is 549. The van der Waals surface area contributed by atoms with Crippen LogP contribution in [0.1, 0.15) is 37.3 Å². The van der Waals surface area contributed by atoms with Crippen LogP contribution in [0.25, 0.3) is 0 Å². The number of ether oxygens (including phenoxy) is 1. The molecule has 0 radical (unpaired) electrons. The highest BCUT2D eigenvalue weighted by molar-refractivity contribution is 9.10. The molecule has 4 nitrogen and oxygen atoms in total. The molecule has 0 aliphatic heterocycles. The Morgan fingerprint density at radius 1 is 1.26 bits per heavy atom. The van der Waals surface area contributed by atoms with Crippen LogP contribution < -0.4 is 4.74 Å². The standard InChI is InChI=1S/C14H17BrN2O2/c1-9(2)17-13(12(19-3)8-16-17)14(18)10-4-6-11(15)7-5-10/h4-9,14,18H,1-3H3. The highest BCUT2D eigenvalue weighted by Gasteiger charge is 2.22. The van der Waals surface area contributed by atoms with Crippen LogP contribution in [0.15, 0.2) is 34.9 Å². The number of aliphatic hydroxyl groups excluding tert-OH is 1. The Hall–Kier alpha value is -1.33. The molecule has 1 atom stereocenters. The van der Waals surface area contributed by atoms with Crippen molar-refractivity contribution in [3.63, 3.8) is 0 Å². The van der Waals surface area contributed by atoms with Gasteiger partial charge in [-0.25, -0.2) is 0 Å². The number of aliphatic hydroxyl groups is 1. The molecule has 5 heteroatoms. The van der Waals surface area contributed by atoms with E-state index in [0.29, 0.717) is 11.4 Å². The lowest BCUT2D eigenvalue weighted by atomic mass is 10.1. The van der Waals surface area contributed by atoms with Gasteiger partial charge >= 0.3 is 0 Å². The van der Waals surface area contributed by atoms with Gasteiger partial charge < -0.3 is 9.84 Å². The lowest BCUT2D eigenvalue weighted by molar-refractivity contribution is 0.199. The van der Waals surface area contributed by atoms with Crippen molar-refractivity contribution in [1.82, 2.24) is 9.78 Å². The molecular weight excluding hydrogens is 308 g/mol. The summed E-state index contributed by atoms with van der Waals surface area (Å²) in [6.07, 6.45) is 0.880. The number of hydrogen-bond donors (Lipinski definition) is 1. The van der Waals surface area contributed by atoms with Crippen molar-refractivity contribution in [2.24, 2.45) is 0 Å². The predicted molar refractivity (Wildman–Crippen MR) is 77.4 cm³/mol. The average molecular weight is 325 g/mol. The van der Waals surface area contributed by atoms with Crippen LogP contribution in [0, 0.1) is 0 Å². The Balaban J connectivity index is 2.44. The van der Waals surface area contributed by atoms with Gasteiger partial charge in [0.2, 0.25) is 0 Å². The summed E-state index contributed by atoms with van der Waals surface area (Å²) >= 11 is 3.39. The molecule has 2 rings (SSSR count). The van der Waals surface area contributed by atoms with Crippen LogP contribution in [0.3, 0.4) is 0 Å². The first-order chi connectivity index (χ1) is 9.04. The zero-order chi connectivity index (χ0) is 14.0. The van der Waals surface area contributed by atoms with Gasteiger partial charge in [0.05, 0.1) is 13.3 Å². The van der Waals surface area contributed by atoms with Crippen LogP contribution in [0.2, 0.25) is 0 Å². The van der Waals surface area contributed by atoms with Crippen molar-refractivity contribution in [1.29, 1.82) is 0 Å². The Morgan fingerprint density at radius 2 is 1.89 bits per heavy atom. The van der Waals surface area contributed by atoms with E-state index in [2.05, 4.69) is 21.0 Å². The highest BCUT2D eigenvalue weighted by Crippen LogP contribution is 2.32. The fourth-order valence-electron chi connectivity index (χ4n) is 1.99. The van der Waals surface area contributed by atoms with E-state index in [-0.39, 0.29) is 6.04 Å². The lowest BCUT2D eigenvalue weighted by Gasteiger charge is -2.17. The van der Waals surface area contributed by atoms with E-state index in [1.165, 1.54) is 0 Å². The summed E-state index contributed by atoms with van der Waals surface area (Å²) in [7, 11) is 1.58. The molecule has 0 saturated heterocycles. The second-order valence-corrected chi connectivity index (χ2v) is 5.51. The number of rotatable bonds is 4. The minimum atomic E-state index is -0.757. The monoisotopic (exact) mass is 324 g/mol. The van der Waals surface area contributed by atoms with Crippen LogP contribution in [0.4, 0.5) is 0 Å². The van der Waals surface area contributed by atoms with Gasteiger partial charge in [0.25, 0.3) is 0 Å². The van der Waals surface area contributed by atoms with Crippen LogP contribution in [-0.2, 0) is 0 Å². The van der Waals surface area contributed by atoms with Gasteiger partial charge in [-0.1, -0.05) is 28.1 Å². The largest absolute Gasteiger partial charge is 0.493 e. The van der Waals surface area contributed by atoms with Gasteiger partial charge in [-0.2, -0.15) is 5.10 Å². The van der Waals surface area contributed by atoms with Gasteiger partial charge in [0.15, 0.2) is 5.75 Å². The molecule has 102 valence electrons. The highest BCUT2D eigenvalue weighted by atomic mass is 79.9. The second-order valence-electron chi connectivity index (χ2n) is 4.59. The minimum absolute atomic E-state index is 0.156. The van der Waals surface area contributed by atoms with Crippen LogP contribution in [0.5, 0.6) is 5.75 Å². The van der Waals surface area contributed by atoms with Gasteiger partial charge in [0.1, 0.15) is 11.8 Å². The molecule has 0 amide bonds. The fraction of sp³-hybridized carbons (Fsp3) is 0.357. The first-order valence-corrected chi connectivity index (χ1v) is 6.88. The molecule has 0 fully saturated rings. The fourth-order valence-corrected chi connectivity index (χ4v) is 2.25. The molecule has 0 aliphatic rings. The smallest absolute Gasteiger partial charge is 0.163 e. The summed E-state index contributed by atoms with van der Waals surface area (Å²) in [6.45, 7) is 4.04. The predicted octanol–water partition coefficient (Wildman–Crippen LogP) is 3.32. The van der Waals surface area contributed by atoms with Crippen molar-refractivity contribution in [3.8, 4) is 5.75 Å². The molecule has 0 aliphatic carbocycles. The van der Waals surface area contributed by atoms with Crippen molar-refractivity contribution >= 4 is 15.9 Å². The second kappa shape index (κ2) is 5.75. The summed E-state index contributed by atoms with van der Waals surface area (Å²) in [6, 6.07) is 7.73. The number of halogens is 1. The average Bonchev–Trinajstić information content (AvgIpc) is 2.82. The Labute approximate surface area is 121 Å². The molecule has 1 aromatic carbocycles. The normalized spacial score (nSPS) is 12.7. The van der Waals surface area contributed by atoms with Gasteiger partial charge in [-0.05, 0) is 31.5 Å². The summed E-state index contributed by atoms with van der Waals surface area (Å²) in [5.74, 6) is 0.601. The van der Waals surface area contributed by atoms with E-state index in [0.717, 1.165) is 10.0 Å². The molecule has 0 spiro atoms. The van der Waals surface area contributed by atoms with E-state index in [1.54, 1.807) is 18.0 Å². The van der Waals surface area contributed by atoms with E-state index >= 15 is 0 Å². The summed E-state index contributed by atoms with van der Waals surface area (Å²) in [5, 5.41) is 14.8. The van der Waals surface area contributed by atoms with E-state index in [1.807, 2.05) is 38.1 Å². The maximum Gasteiger partial charge on any atom is 0.163 e. The lowest BCUT2D eigenvalue weighted by Crippen LogP contribution is -2.13. The summed E-state index contributed by atoms with van der Waals surface area (Å²) in [5.41, 5.74) is 1.49. The zero-order valence-corrected chi connectivity index (χ0v) is 12.8. The SMILES string of the molecule is COc1cnn(C(C)C)c1C(O)c1ccc(Br)cc1. The molecule has 1 N–H and O–H groups in total. The minimum Gasteiger partial charge on any atom is -0.493 e. The molecule has 19 heavy (non-hydrogen) atoms. The van der Waals surface area contributed by atoms with Gasteiger partial charge in [-0.15, -0.1) is 0 Å². The molecule has 1 aromatic heterocycles. The van der Waals surface area contributed by atoms with Crippen molar-refractivity contribution in [2.75, 3.05) is 7.11 Å². The molecule has 2 aromatic rings. The van der Waals surface area contributed by atoms with E-state index in [9.17, 15) is 5.11 Å². The molecular formula is C14H17BrN2O2. The summed E-state index contributed by atoms with van der Waals surface area (Å²) in [4.78, 5) is 0. The maximum atomic E-state index is 10.6. The Morgan fingerprint density at radius 3 is 2.42 bits per heavy atom. The number of aromatic nitrogens is 2. The van der Waals surface area contributed by atoms with Crippen LogP contribution in [-0.4, -0.2) is 22.0 Å². The van der Waals surface area contributed by atoms with E-state index < -0.39 is 6.10 Å². The molecule has 1 unspecified atom stereocenters. The number of hydrogen-bond acceptors (Lipinski definition) is 3. The Kier molecular flexibility index (Phi) is 4.27. The summed E-state index contributed by atoms with van der Waals surface area (Å²) < 4.78 is 8.05. The maximum absolute atomic E-state index is 10.6. The first kappa shape index (κ1) is 14.1. The number of nitrogens with zero attached hydrogens (tertiary/aromatic N) is 2. The van der Waals surface area contributed by atoms with Gasteiger partial charge in [-0.3, -0.25) is 4.68 Å². The van der Waals surface area contributed by atoms with Crippen LogP contribution >= 0.6 is 15.9 Å². The third kappa shape index (κ3) is 2.82. The topological polar surface area (TPSA) is 47.3 Å². The first-order valence-electron chi connectivity index (χ1n) is 6.09. The molecule has 1 heterocycles. The van der Waals surface area contributed by atoms with Crippen molar-refractivity contribution in [2.45, 2.75) is 26.0 Å². The van der Waals surface area contributed by atoms with Crippen molar-refractivity contribution in [3.05, 3.63) is 46.2 Å². The number of methoxy groups -OCH3 is 1.